The lowest BCUT2D eigenvalue weighted by Gasteiger charge is -2.50. The molecule has 0 aliphatic heterocycles. The average Bonchev–Trinajstić information content (AvgIpc) is 2.48. The third kappa shape index (κ3) is 3.37. The van der Waals surface area contributed by atoms with Gasteiger partial charge in [-0.2, -0.15) is 0 Å². The molecule has 2 rings (SSSR count). The monoisotopic (exact) mass is 282 g/mol. The van der Waals surface area contributed by atoms with E-state index in [1.165, 1.54) is 51.4 Å². The van der Waals surface area contributed by atoms with Gasteiger partial charge in [-0.25, -0.2) is 0 Å². The number of nitrogens with two attached hydrogens (primary N) is 1. The highest BCUT2D eigenvalue weighted by atomic mass is 16.3. The molecule has 2 aliphatic carbocycles. The fraction of sp³-hybridized carbons (Fsp3) is 1.00. The molecule has 3 nitrogen and oxygen atoms in total. The van der Waals surface area contributed by atoms with Crippen LogP contribution in [0.4, 0.5) is 0 Å². The molecule has 0 spiro atoms. The summed E-state index contributed by atoms with van der Waals surface area (Å²) in [5, 5.41) is 13.6. The highest BCUT2D eigenvalue weighted by Gasteiger charge is 2.43. The molecule has 2 aliphatic rings. The van der Waals surface area contributed by atoms with E-state index in [0.717, 1.165) is 6.54 Å². The van der Waals surface area contributed by atoms with E-state index in [1.54, 1.807) is 0 Å². The zero-order valence-electron chi connectivity index (χ0n) is 13.4. The molecular formula is C17H34N2O. The van der Waals surface area contributed by atoms with Gasteiger partial charge in [0.1, 0.15) is 0 Å². The Balaban J connectivity index is 2.12. The smallest absolute Gasteiger partial charge is 0.0474 e. The fourth-order valence-electron chi connectivity index (χ4n) is 4.71. The van der Waals surface area contributed by atoms with E-state index in [2.05, 4.69) is 19.2 Å². The summed E-state index contributed by atoms with van der Waals surface area (Å²) in [5.74, 6) is 1.80. The van der Waals surface area contributed by atoms with Gasteiger partial charge >= 0.3 is 0 Å². The quantitative estimate of drug-likeness (QED) is 0.726. The van der Waals surface area contributed by atoms with E-state index < -0.39 is 0 Å². The first-order valence-electron chi connectivity index (χ1n) is 8.71. The number of aliphatic hydroxyl groups excluding tert-OH is 1. The predicted molar refractivity (Wildman–Crippen MR) is 84.5 cm³/mol. The molecule has 118 valence electrons. The zero-order valence-corrected chi connectivity index (χ0v) is 13.4. The molecule has 2 fully saturated rings. The van der Waals surface area contributed by atoms with Crippen LogP contribution in [-0.2, 0) is 0 Å². The molecule has 4 atom stereocenters. The second kappa shape index (κ2) is 7.24. The lowest BCUT2D eigenvalue weighted by Crippen LogP contribution is -2.63. The van der Waals surface area contributed by atoms with Gasteiger partial charge in [0.2, 0.25) is 0 Å². The lowest BCUT2D eigenvalue weighted by molar-refractivity contribution is 0.0610. The highest BCUT2D eigenvalue weighted by molar-refractivity contribution is 5.02. The Bertz CT molecular complexity index is 295. The fourth-order valence-corrected chi connectivity index (χ4v) is 4.71. The molecule has 0 heterocycles. The molecule has 0 radical (unpaired) electrons. The third-order valence-corrected chi connectivity index (χ3v) is 5.88. The minimum Gasteiger partial charge on any atom is -0.396 e. The Morgan fingerprint density at radius 3 is 2.50 bits per heavy atom. The first-order chi connectivity index (χ1) is 9.63. The van der Waals surface area contributed by atoms with Crippen LogP contribution in [0.1, 0.15) is 65.2 Å². The molecule has 3 heteroatoms. The van der Waals surface area contributed by atoms with Crippen molar-refractivity contribution in [3.05, 3.63) is 0 Å². The maximum absolute atomic E-state index is 9.65. The van der Waals surface area contributed by atoms with Crippen LogP contribution in [0.5, 0.6) is 0 Å². The minimum absolute atomic E-state index is 0.113. The number of hydrogen-bond donors (Lipinski definition) is 3. The van der Waals surface area contributed by atoms with E-state index in [9.17, 15) is 5.11 Å². The van der Waals surface area contributed by atoms with Crippen LogP contribution in [-0.4, -0.2) is 29.8 Å². The molecule has 20 heavy (non-hydrogen) atoms. The number of rotatable bonds is 5. The second-order valence-corrected chi connectivity index (χ2v) is 7.43. The van der Waals surface area contributed by atoms with Crippen molar-refractivity contribution >= 4 is 0 Å². The van der Waals surface area contributed by atoms with Gasteiger partial charge in [0, 0.05) is 24.7 Å². The predicted octanol–water partition coefficient (Wildman–Crippen LogP) is 2.67. The molecule has 0 saturated heterocycles. The van der Waals surface area contributed by atoms with E-state index in [0.29, 0.717) is 30.4 Å². The van der Waals surface area contributed by atoms with E-state index >= 15 is 0 Å². The molecule has 0 bridgehead atoms. The van der Waals surface area contributed by atoms with Crippen molar-refractivity contribution in [2.24, 2.45) is 23.5 Å². The van der Waals surface area contributed by atoms with Crippen molar-refractivity contribution in [1.29, 1.82) is 0 Å². The minimum atomic E-state index is 0.113. The standard InChI is InChI=1S/C17H34N2O/c1-13(2)15-8-5-6-10-17(15,12-18)19-16-9-4-3-7-14(16)11-20/h13-16,19-20H,3-12,18H2,1-2H3. The van der Waals surface area contributed by atoms with Crippen LogP contribution in [0.25, 0.3) is 0 Å². The van der Waals surface area contributed by atoms with Crippen molar-refractivity contribution in [3.8, 4) is 0 Å². The number of hydrogen-bond acceptors (Lipinski definition) is 3. The average molecular weight is 282 g/mol. The molecule has 0 aromatic carbocycles. The van der Waals surface area contributed by atoms with Crippen molar-refractivity contribution in [2.45, 2.75) is 76.8 Å². The van der Waals surface area contributed by atoms with Crippen LogP contribution < -0.4 is 11.1 Å². The summed E-state index contributed by atoms with van der Waals surface area (Å²) in [7, 11) is 0. The Morgan fingerprint density at radius 2 is 1.85 bits per heavy atom. The second-order valence-electron chi connectivity index (χ2n) is 7.43. The zero-order chi connectivity index (χ0) is 14.6. The van der Waals surface area contributed by atoms with E-state index in [-0.39, 0.29) is 5.54 Å². The van der Waals surface area contributed by atoms with Crippen molar-refractivity contribution < 1.29 is 5.11 Å². The van der Waals surface area contributed by atoms with Gasteiger partial charge in [0.15, 0.2) is 0 Å². The lowest BCUT2D eigenvalue weighted by atomic mass is 9.67. The summed E-state index contributed by atoms with van der Waals surface area (Å²) in [4.78, 5) is 0. The van der Waals surface area contributed by atoms with Crippen LogP contribution >= 0.6 is 0 Å². The van der Waals surface area contributed by atoms with Crippen LogP contribution in [0.2, 0.25) is 0 Å². The van der Waals surface area contributed by atoms with Crippen molar-refractivity contribution in [1.82, 2.24) is 5.32 Å². The van der Waals surface area contributed by atoms with Crippen molar-refractivity contribution in [2.75, 3.05) is 13.2 Å². The Kier molecular flexibility index (Phi) is 5.88. The highest BCUT2D eigenvalue weighted by Crippen LogP contribution is 2.39. The maximum Gasteiger partial charge on any atom is 0.0474 e. The molecule has 4 unspecified atom stereocenters. The number of aliphatic hydroxyl groups is 1. The third-order valence-electron chi connectivity index (χ3n) is 5.88. The maximum atomic E-state index is 9.65. The summed E-state index contributed by atoms with van der Waals surface area (Å²) < 4.78 is 0. The van der Waals surface area contributed by atoms with Gasteiger partial charge in [-0.05, 0) is 43.4 Å². The molecule has 0 aromatic rings. The first kappa shape index (κ1) is 16.3. The van der Waals surface area contributed by atoms with Crippen LogP contribution in [0.3, 0.4) is 0 Å². The van der Waals surface area contributed by atoms with Crippen LogP contribution in [0.15, 0.2) is 0 Å². The summed E-state index contributed by atoms with van der Waals surface area (Å²) in [6, 6.07) is 0.469. The van der Waals surface area contributed by atoms with Gasteiger partial charge in [-0.15, -0.1) is 0 Å². The normalized spacial score (nSPS) is 39.1. The van der Waals surface area contributed by atoms with Gasteiger partial charge in [-0.3, -0.25) is 0 Å². The summed E-state index contributed by atoms with van der Waals surface area (Å²) in [6.45, 7) is 5.74. The Hall–Kier alpha value is -0.120. The van der Waals surface area contributed by atoms with Gasteiger partial charge in [-0.1, -0.05) is 39.5 Å². The number of nitrogens with one attached hydrogen (secondary N) is 1. The summed E-state index contributed by atoms with van der Waals surface area (Å²) in [6.07, 6.45) is 10.1. The van der Waals surface area contributed by atoms with E-state index in [4.69, 9.17) is 5.73 Å². The first-order valence-corrected chi connectivity index (χ1v) is 8.71. The molecule has 0 amide bonds. The molecule has 4 N–H and O–H groups in total. The molecular weight excluding hydrogens is 248 g/mol. The molecule has 0 aromatic heterocycles. The Labute approximate surface area is 124 Å². The topological polar surface area (TPSA) is 58.3 Å². The summed E-state index contributed by atoms with van der Waals surface area (Å²) >= 11 is 0. The van der Waals surface area contributed by atoms with Gasteiger partial charge in [0.25, 0.3) is 0 Å². The summed E-state index contributed by atoms with van der Waals surface area (Å²) in [5.41, 5.74) is 6.36. The van der Waals surface area contributed by atoms with Gasteiger partial charge in [0.05, 0.1) is 0 Å². The SMILES string of the molecule is CC(C)C1CCCCC1(CN)NC1CCCCC1CO. The Morgan fingerprint density at radius 1 is 1.15 bits per heavy atom. The van der Waals surface area contributed by atoms with E-state index in [1.807, 2.05) is 0 Å². The van der Waals surface area contributed by atoms with Crippen molar-refractivity contribution in [3.63, 3.8) is 0 Å². The molecule has 2 saturated carbocycles. The largest absolute Gasteiger partial charge is 0.396 e. The van der Waals surface area contributed by atoms with Gasteiger partial charge < -0.3 is 16.2 Å². The van der Waals surface area contributed by atoms with Crippen LogP contribution in [0, 0.1) is 17.8 Å².